The Kier molecular flexibility index (Phi) is 4.30. The second-order valence-electron chi connectivity index (χ2n) is 5.31. The fraction of sp³-hybridized carbons (Fsp3) is 0.533. The summed E-state index contributed by atoms with van der Waals surface area (Å²) in [4.78, 5) is 0. The molecule has 1 aliphatic rings. The summed E-state index contributed by atoms with van der Waals surface area (Å²) in [5.74, 6) is 2.25. The minimum absolute atomic E-state index is 0.0287. The summed E-state index contributed by atoms with van der Waals surface area (Å²) >= 11 is 0. The van der Waals surface area contributed by atoms with Gasteiger partial charge in [0.05, 0.1) is 13.2 Å². The molecule has 0 bridgehead atoms. The number of rotatable bonds is 4. The van der Waals surface area contributed by atoms with E-state index in [-0.39, 0.29) is 11.9 Å². The van der Waals surface area contributed by atoms with Crippen LogP contribution in [0.4, 0.5) is 0 Å². The molecule has 0 heterocycles. The lowest BCUT2D eigenvalue weighted by molar-refractivity contribution is 0.135. The van der Waals surface area contributed by atoms with Crippen LogP contribution in [0.3, 0.4) is 0 Å². The van der Waals surface area contributed by atoms with E-state index in [0.717, 1.165) is 24.5 Å². The van der Waals surface area contributed by atoms with E-state index < -0.39 is 0 Å². The third-order valence-corrected chi connectivity index (χ3v) is 3.69. The number of ether oxygens (including phenoxy) is 2. The summed E-state index contributed by atoms with van der Waals surface area (Å²) in [7, 11) is 1.60. The second kappa shape index (κ2) is 5.95. The highest BCUT2D eigenvalue weighted by Crippen LogP contribution is 2.29. The van der Waals surface area contributed by atoms with Crippen molar-refractivity contribution >= 4 is 5.84 Å². The first-order valence-corrected chi connectivity index (χ1v) is 6.78. The number of hydrogen-bond donors (Lipinski definition) is 2. The van der Waals surface area contributed by atoms with Crippen LogP contribution >= 0.6 is 0 Å². The van der Waals surface area contributed by atoms with Gasteiger partial charge in [-0.3, -0.25) is 5.41 Å². The highest BCUT2D eigenvalue weighted by Gasteiger charge is 2.20. The molecule has 0 aromatic heterocycles. The van der Waals surface area contributed by atoms with Crippen molar-refractivity contribution in [2.24, 2.45) is 11.7 Å². The molecule has 1 saturated carbocycles. The molecule has 4 heteroatoms. The maximum Gasteiger partial charge on any atom is 0.124 e. The van der Waals surface area contributed by atoms with Crippen LogP contribution in [-0.2, 0) is 0 Å². The summed E-state index contributed by atoms with van der Waals surface area (Å²) in [6.07, 6.45) is 4.88. The Bertz CT molecular complexity index is 451. The third-order valence-electron chi connectivity index (χ3n) is 3.69. The van der Waals surface area contributed by atoms with Crippen LogP contribution in [0.5, 0.6) is 11.5 Å². The van der Waals surface area contributed by atoms with Gasteiger partial charge in [-0.25, -0.2) is 0 Å². The molecule has 0 amide bonds. The van der Waals surface area contributed by atoms with Crippen LogP contribution in [0.15, 0.2) is 18.2 Å². The number of nitrogens with one attached hydrogen (secondary N) is 1. The Hall–Kier alpha value is -1.71. The van der Waals surface area contributed by atoms with Crippen molar-refractivity contribution in [1.82, 2.24) is 0 Å². The van der Waals surface area contributed by atoms with Crippen molar-refractivity contribution in [3.05, 3.63) is 23.8 Å². The quantitative estimate of drug-likeness (QED) is 0.647. The Labute approximate surface area is 114 Å². The first-order chi connectivity index (χ1) is 9.08. The topological polar surface area (TPSA) is 68.3 Å². The fourth-order valence-electron chi connectivity index (χ4n) is 2.45. The van der Waals surface area contributed by atoms with Gasteiger partial charge in [0.1, 0.15) is 17.3 Å². The van der Waals surface area contributed by atoms with Gasteiger partial charge in [-0.2, -0.15) is 0 Å². The van der Waals surface area contributed by atoms with Gasteiger partial charge in [0, 0.05) is 11.6 Å². The summed E-state index contributed by atoms with van der Waals surface area (Å²) in [5.41, 5.74) is 6.17. The zero-order valence-electron chi connectivity index (χ0n) is 11.6. The molecule has 1 aliphatic carbocycles. The van der Waals surface area contributed by atoms with E-state index in [2.05, 4.69) is 6.92 Å². The molecule has 1 aromatic carbocycles. The molecule has 104 valence electrons. The lowest BCUT2D eigenvalue weighted by Crippen LogP contribution is -2.23. The van der Waals surface area contributed by atoms with Gasteiger partial charge >= 0.3 is 0 Å². The number of nitrogens with two attached hydrogens (primary N) is 1. The monoisotopic (exact) mass is 262 g/mol. The Morgan fingerprint density at radius 3 is 2.37 bits per heavy atom. The zero-order valence-corrected chi connectivity index (χ0v) is 11.6. The first kappa shape index (κ1) is 13.7. The van der Waals surface area contributed by atoms with E-state index >= 15 is 0 Å². The molecule has 1 aromatic rings. The molecule has 0 radical (unpaired) electrons. The average Bonchev–Trinajstić information content (AvgIpc) is 2.41. The molecule has 19 heavy (non-hydrogen) atoms. The molecule has 0 unspecified atom stereocenters. The van der Waals surface area contributed by atoms with Crippen molar-refractivity contribution in [1.29, 1.82) is 5.41 Å². The molecular weight excluding hydrogens is 240 g/mol. The van der Waals surface area contributed by atoms with Gasteiger partial charge in [-0.1, -0.05) is 6.92 Å². The largest absolute Gasteiger partial charge is 0.497 e. The van der Waals surface area contributed by atoms with E-state index in [9.17, 15) is 0 Å². The number of nitrogen functional groups attached to an aromatic ring is 1. The maximum absolute atomic E-state index is 7.52. The zero-order chi connectivity index (χ0) is 13.8. The highest BCUT2D eigenvalue weighted by molar-refractivity contribution is 5.95. The lowest BCUT2D eigenvalue weighted by Gasteiger charge is -2.27. The van der Waals surface area contributed by atoms with Crippen molar-refractivity contribution < 1.29 is 9.47 Å². The van der Waals surface area contributed by atoms with Crippen LogP contribution in [0, 0.1) is 11.3 Å². The summed E-state index contributed by atoms with van der Waals surface area (Å²) < 4.78 is 11.2. The highest BCUT2D eigenvalue weighted by atomic mass is 16.5. The van der Waals surface area contributed by atoms with Crippen LogP contribution in [0.1, 0.15) is 38.2 Å². The van der Waals surface area contributed by atoms with Gasteiger partial charge in [0.2, 0.25) is 0 Å². The van der Waals surface area contributed by atoms with Gasteiger partial charge in [0.25, 0.3) is 0 Å². The predicted molar refractivity (Wildman–Crippen MR) is 76.1 cm³/mol. The molecule has 4 nitrogen and oxygen atoms in total. The molecule has 0 spiro atoms. The summed E-state index contributed by atoms with van der Waals surface area (Å²) in [6, 6.07) is 5.41. The van der Waals surface area contributed by atoms with Gasteiger partial charge in [0.15, 0.2) is 0 Å². The number of benzene rings is 1. The third kappa shape index (κ3) is 3.63. The minimum atomic E-state index is 0.0287. The van der Waals surface area contributed by atoms with Crippen LogP contribution in [0.25, 0.3) is 0 Å². The molecule has 1 fully saturated rings. The smallest absolute Gasteiger partial charge is 0.124 e. The van der Waals surface area contributed by atoms with E-state index in [4.69, 9.17) is 20.6 Å². The van der Waals surface area contributed by atoms with Crippen LogP contribution in [-0.4, -0.2) is 19.0 Å². The Morgan fingerprint density at radius 2 is 1.79 bits per heavy atom. The Balaban J connectivity index is 2.10. The molecule has 3 N–H and O–H groups in total. The van der Waals surface area contributed by atoms with Crippen molar-refractivity contribution in [3.8, 4) is 11.5 Å². The molecule has 0 aliphatic heterocycles. The van der Waals surface area contributed by atoms with E-state index in [1.807, 2.05) is 12.1 Å². The molecule has 0 atom stereocenters. The summed E-state index contributed by atoms with van der Waals surface area (Å²) in [5, 5.41) is 7.52. The van der Waals surface area contributed by atoms with Crippen molar-refractivity contribution in [3.63, 3.8) is 0 Å². The maximum atomic E-state index is 7.52. The van der Waals surface area contributed by atoms with Gasteiger partial charge in [-0.05, 0) is 43.7 Å². The second-order valence-corrected chi connectivity index (χ2v) is 5.31. The van der Waals surface area contributed by atoms with E-state index in [0.29, 0.717) is 11.3 Å². The Morgan fingerprint density at radius 1 is 1.16 bits per heavy atom. The predicted octanol–water partition coefficient (Wildman–Crippen LogP) is 2.94. The minimum Gasteiger partial charge on any atom is -0.497 e. The fourth-order valence-corrected chi connectivity index (χ4v) is 2.45. The van der Waals surface area contributed by atoms with Gasteiger partial charge in [-0.15, -0.1) is 0 Å². The SMILES string of the molecule is COc1cc(OC2CCC(C)CC2)cc(C(=N)N)c1. The van der Waals surface area contributed by atoms with Gasteiger partial charge < -0.3 is 15.2 Å². The number of hydrogen-bond acceptors (Lipinski definition) is 3. The molecule has 2 rings (SSSR count). The van der Waals surface area contributed by atoms with E-state index in [1.54, 1.807) is 13.2 Å². The number of amidine groups is 1. The average molecular weight is 262 g/mol. The first-order valence-electron chi connectivity index (χ1n) is 6.78. The molecular formula is C15H22N2O2. The lowest BCUT2D eigenvalue weighted by atomic mass is 9.89. The standard InChI is InChI=1S/C15H22N2O2/c1-10-3-5-12(6-4-10)19-14-8-11(15(16)17)7-13(9-14)18-2/h7-10,12H,3-6H2,1-2H3,(H3,16,17). The van der Waals surface area contributed by atoms with E-state index in [1.165, 1.54) is 12.8 Å². The van der Waals surface area contributed by atoms with Crippen LogP contribution in [0.2, 0.25) is 0 Å². The normalized spacial score (nSPS) is 22.8. The molecule has 0 saturated heterocycles. The number of methoxy groups -OCH3 is 1. The van der Waals surface area contributed by atoms with Crippen LogP contribution < -0.4 is 15.2 Å². The summed E-state index contributed by atoms with van der Waals surface area (Å²) in [6.45, 7) is 2.29. The van der Waals surface area contributed by atoms with Crippen molar-refractivity contribution in [2.45, 2.75) is 38.7 Å². The van der Waals surface area contributed by atoms with Crippen molar-refractivity contribution in [2.75, 3.05) is 7.11 Å².